The lowest BCUT2D eigenvalue weighted by Gasteiger charge is -2.37. The zero-order valence-electron chi connectivity index (χ0n) is 20.0. The molecular formula is C27H31N3O3S. The Labute approximate surface area is 206 Å². The van der Waals surface area contributed by atoms with E-state index in [9.17, 15) is 9.59 Å². The molecule has 0 saturated heterocycles. The van der Waals surface area contributed by atoms with Gasteiger partial charge in [0.25, 0.3) is 0 Å². The van der Waals surface area contributed by atoms with E-state index in [1.54, 1.807) is 0 Å². The van der Waals surface area contributed by atoms with Gasteiger partial charge in [-0.15, -0.1) is 0 Å². The van der Waals surface area contributed by atoms with Crippen LogP contribution in [0.1, 0.15) is 57.2 Å². The molecule has 1 aliphatic carbocycles. The van der Waals surface area contributed by atoms with Crippen molar-refractivity contribution in [3.8, 4) is 0 Å². The first kappa shape index (κ1) is 24.0. The van der Waals surface area contributed by atoms with Crippen LogP contribution < -0.4 is 10.6 Å². The van der Waals surface area contributed by atoms with Crippen LogP contribution >= 0.6 is 12.2 Å². The minimum absolute atomic E-state index is 0.00229. The van der Waals surface area contributed by atoms with Crippen LogP contribution in [0.3, 0.4) is 0 Å². The van der Waals surface area contributed by atoms with E-state index in [0.717, 1.165) is 23.4 Å². The maximum atomic E-state index is 13.0. The number of nitrogens with one attached hydrogen (secondary N) is 2. The van der Waals surface area contributed by atoms with Crippen LogP contribution in [0.2, 0.25) is 0 Å². The first-order valence-corrected chi connectivity index (χ1v) is 12.2. The molecule has 1 fully saturated rings. The van der Waals surface area contributed by atoms with Gasteiger partial charge in [0.2, 0.25) is 5.91 Å². The summed E-state index contributed by atoms with van der Waals surface area (Å²) in [5.74, 6) is -0.0299. The normalized spacial score (nSPS) is 21.9. The van der Waals surface area contributed by atoms with E-state index in [1.165, 1.54) is 5.56 Å². The molecule has 1 saturated carbocycles. The summed E-state index contributed by atoms with van der Waals surface area (Å²) in [5, 5.41) is 6.90. The van der Waals surface area contributed by atoms with Crippen molar-refractivity contribution in [2.45, 2.75) is 52.2 Å². The number of amides is 1. The Morgan fingerprint density at radius 2 is 1.79 bits per heavy atom. The standard InChI is InChI=1S/C27H31N3O3S/c1-5-30-17(4)23(26(32)33-16(2)3)24(29-27(30)34)19-11-13-20(14-12-19)28-25(31)22-15-21(22)18-9-7-6-8-10-18/h6-14,16,21-22,24H,5,15H2,1-4H3,(H,28,31)(H,29,34)/t21-,22-,24+/m0/s1. The quantitative estimate of drug-likeness (QED) is 0.436. The largest absolute Gasteiger partial charge is 0.459 e. The van der Waals surface area contributed by atoms with Crippen molar-refractivity contribution in [2.75, 3.05) is 11.9 Å². The molecule has 1 aliphatic heterocycles. The molecule has 178 valence electrons. The molecule has 0 unspecified atom stereocenters. The summed E-state index contributed by atoms with van der Waals surface area (Å²) in [4.78, 5) is 27.6. The van der Waals surface area contributed by atoms with Crippen LogP contribution in [0.5, 0.6) is 0 Å². The van der Waals surface area contributed by atoms with E-state index in [0.29, 0.717) is 17.2 Å². The van der Waals surface area contributed by atoms with Crippen LogP contribution in [-0.4, -0.2) is 34.5 Å². The average Bonchev–Trinajstić information content (AvgIpc) is 3.61. The highest BCUT2D eigenvalue weighted by Gasteiger charge is 2.43. The van der Waals surface area contributed by atoms with Gasteiger partial charge in [-0.05, 0) is 75.5 Å². The van der Waals surface area contributed by atoms with Gasteiger partial charge in [-0.1, -0.05) is 42.5 Å². The second-order valence-electron chi connectivity index (χ2n) is 9.05. The molecule has 1 heterocycles. The van der Waals surface area contributed by atoms with Crippen molar-refractivity contribution in [1.82, 2.24) is 10.2 Å². The topological polar surface area (TPSA) is 70.7 Å². The molecule has 4 rings (SSSR count). The van der Waals surface area contributed by atoms with Crippen molar-refractivity contribution in [3.05, 3.63) is 77.0 Å². The van der Waals surface area contributed by atoms with E-state index in [2.05, 4.69) is 22.8 Å². The predicted octanol–water partition coefficient (Wildman–Crippen LogP) is 4.91. The smallest absolute Gasteiger partial charge is 0.338 e. The number of carbonyl (C=O) groups is 2. The maximum absolute atomic E-state index is 13.0. The number of ether oxygens (including phenoxy) is 1. The zero-order valence-corrected chi connectivity index (χ0v) is 20.8. The lowest BCUT2D eigenvalue weighted by atomic mass is 9.94. The summed E-state index contributed by atoms with van der Waals surface area (Å²) in [7, 11) is 0. The van der Waals surface area contributed by atoms with Gasteiger partial charge in [0.1, 0.15) is 0 Å². The lowest BCUT2D eigenvalue weighted by Crippen LogP contribution is -2.47. The number of esters is 1. The predicted molar refractivity (Wildman–Crippen MR) is 137 cm³/mol. The Morgan fingerprint density at radius 3 is 2.41 bits per heavy atom. The number of thiocarbonyl (C=S) groups is 1. The molecule has 0 spiro atoms. The summed E-state index contributed by atoms with van der Waals surface area (Å²) in [6.07, 6.45) is 0.647. The van der Waals surface area contributed by atoms with Crippen LogP contribution in [0.4, 0.5) is 5.69 Å². The third-order valence-corrected chi connectivity index (χ3v) is 6.68. The van der Waals surface area contributed by atoms with Crippen molar-refractivity contribution in [2.24, 2.45) is 5.92 Å². The summed E-state index contributed by atoms with van der Waals surface area (Å²) < 4.78 is 5.53. The first-order chi connectivity index (χ1) is 16.3. The maximum Gasteiger partial charge on any atom is 0.338 e. The fourth-order valence-electron chi connectivity index (χ4n) is 4.50. The van der Waals surface area contributed by atoms with E-state index >= 15 is 0 Å². The number of benzene rings is 2. The third kappa shape index (κ3) is 4.99. The number of nitrogens with zero attached hydrogens (tertiary/aromatic N) is 1. The molecule has 6 nitrogen and oxygen atoms in total. The Balaban J connectivity index is 1.49. The monoisotopic (exact) mass is 477 g/mol. The second kappa shape index (κ2) is 9.97. The van der Waals surface area contributed by atoms with Crippen LogP contribution in [0.25, 0.3) is 0 Å². The molecule has 2 N–H and O–H groups in total. The Kier molecular flexibility index (Phi) is 7.03. The van der Waals surface area contributed by atoms with Gasteiger partial charge in [0.15, 0.2) is 5.11 Å². The molecule has 0 bridgehead atoms. The second-order valence-corrected chi connectivity index (χ2v) is 9.44. The number of rotatable bonds is 7. The van der Waals surface area contributed by atoms with E-state index < -0.39 is 6.04 Å². The number of carbonyl (C=O) groups excluding carboxylic acids is 2. The minimum Gasteiger partial charge on any atom is -0.459 e. The molecule has 2 aromatic carbocycles. The van der Waals surface area contributed by atoms with E-state index in [-0.39, 0.29) is 29.8 Å². The number of allylic oxidation sites excluding steroid dienone is 1. The number of hydrogen-bond acceptors (Lipinski definition) is 4. The van der Waals surface area contributed by atoms with Crippen molar-refractivity contribution < 1.29 is 14.3 Å². The van der Waals surface area contributed by atoms with Crippen molar-refractivity contribution in [3.63, 3.8) is 0 Å². The molecule has 34 heavy (non-hydrogen) atoms. The molecule has 3 atom stereocenters. The van der Waals surface area contributed by atoms with Gasteiger partial charge in [-0.3, -0.25) is 4.79 Å². The van der Waals surface area contributed by atoms with Gasteiger partial charge in [0.05, 0.1) is 17.7 Å². The van der Waals surface area contributed by atoms with Gasteiger partial charge in [-0.25, -0.2) is 4.79 Å². The molecule has 1 amide bonds. The molecular weight excluding hydrogens is 446 g/mol. The first-order valence-electron chi connectivity index (χ1n) is 11.8. The Hall–Kier alpha value is -3.19. The van der Waals surface area contributed by atoms with Crippen molar-refractivity contribution in [1.29, 1.82) is 0 Å². The zero-order chi connectivity index (χ0) is 24.4. The van der Waals surface area contributed by atoms with Crippen LogP contribution in [-0.2, 0) is 14.3 Å². The summed E-state index contributed by atoms with van der Waals surface area (Å²) in [6.45, 7) is 8.21. The summed E-state index contributed by atoms with van der Waals surface area (Å²) in [6, 6.07) is 17.3. The number of anilines is 1. The van der Waals surface area contributed by atoms with Gasteiger partial charge < -0.3 is 20.3 Å². The fraction of sp³-hybridized carbons (Fsp3) is 0.370. The van der Waals surface area contributed by atoms with Gasteiger partial charge in [0, 0.05) is 23.8 Å². The van der Waals surface area contributed by atoms with Gasteiger partial charge in [-0.2, -0.15) is 0 Å². The Morgan fingerprint density at radius 1 is 1.12 bits per heavy atom. The molecule has 0 aromatic heterocycles. The minimum atomic E-state index is -0.419. The highest BCUT2D eigenvalue weighted by Crippen LogP contribution is 2.47. The molecule has 2 aliphatic rings. The van der Waals surface area contributed by atoms with E-state index in [4.69, 9.17) is 17.0 Å². The average molecular weight is 478 g/mol. The lowest BCUT2D eigenvalue weighted by molar-refractivity contribution is -0.143. The number of hydrogen-bond donors (Lipinski definition) is 2. The molecule has 0 radical (unpaired) electrons. The molecule has 7 heteroatoms. The Bertz CT molecular complexity index is 1110. The van der Waals surface area contributed by atoms with Crippen molar-refractivity contribution >= 4 is 34.9 Å². The molecule has 2 aromatic rings. The van der Waals surface area contributed by atoms with Crippen LogP contribution in [0, 0.1) is 5.92 Å². The van der Waals surface area contributed by atoms with Gasteiger partial charge >= 0.3 is 5.97 Å². The van der Waals surface area contributed by atoms with E-state index in [1.807, 2.05) is 75.1 Å². The van der Waals surface area contributed by atoms with Crippen LogP contribution in [0.15, 0.2) is 65.9 Å². The highest BCUT2D eigenvalue weighted by molar-refractivity contribution is 7.80. The summed E-state index contributed by atoms with van der Waals surface area (Å²) in [5.41, 5.74) is 4.15. The SMILES string of the molecule is CCN1C(=S)N[C@H](c2ccc(NC(=O)[C@H]3C[C@H]3c3ccccc3)cc2)C(C(=O)OC(C)C)=C1C. The summed E-state index contributed by atoms with van der Waals surface area (Å²) >= 11 is 5.55. The fourth-order valence-corrected chi connectivity index (χ4v) is 4.89. The highest BCUT2D eigenvalue weighted by atomic mass is 32.1. The third-order valence-electron chi connectivity index (χ3n) is 6.34.